The highest BCUT2D eigenvalue weighted by atomic mass is 16.4. The summed E-state index contributed by atoms with van der Waals surface area (Å²) in [6, 6.07) is 12.0. The van der Waals surface area contributed by atoms with Gasteiger partial charge in [0.05, 0.1) is 0 Å². The number of aliphatic carboxylic acids is 2. The van der Waals surface area contributed by atoms with Gasteiger partial charge >= 0.3 is 11.9 Å². The first-order valence-corrected chi connectivity index (χ1v) is 5.16. The lowest BCUT2D eigenvalue weighted by Crippen LogP contribution is -2.22. The maximum absolute atomic E-state index is 10.2. The molecule has 1 aromatic rings. The molecule has 0 saturated heterocycles. The van der Waals surface area contributed by atoms with E-state index in [1.807, 2.05) is 36.4 Å². The number of hydrogen-bond acceptors (Lipinski definition) is 2. The van der Waals surface area contributed by atoms with E-state index in [2.05, 4.69) is 6.58 Å². The predicted octanol–water partition coefficient (Wildman–Crippen LogP) is 2.42. The molecule has 17 heavy (non-hydrogen) atoms. The van der Waals surface area contributed by atoms with Gasteiger partial charge in [0.15, 0.2) is 5.92 Å². The Balaban J connectivity index is 0.000000354. The third kappa shape index (κ3) is 7.79. The molecule has 0 aromatic heterocycles. The van der Waals surface area contributed by atoms with E-state index >= 15 is 0 Å². The molecule has 0 fully saturated rings. The van der Waals surface area contributed by atoms with Gasteiger partial charge in [0.25, 0.3) is 0 Å². The van der Waals surface area contributed by atoms with Crippen molar-refractivity contribution in [1.82, 2.24) is 0 Å². The number of rotatable bonds is 5. The molecule has 1 aromatic carbocycles. The van der Waals surface area contributed by atoms with Gasteiger partial charge in [-0.2, -0.15) is 0 Å². The van der Waals surface area contributed by atoms with Crippen LogP contribution in [0.1, 0.15) is 12.8 Å². The molecule has 0 aliphatic carbocycles. The zero-order valence-corrected chi connectivity index (χ0v) is 9.45. The summed E-state index contributed by atoms with van der Waals surface area (Å²) < 4.78 is 0. The molecule has 92 valence electrons. The second-order valence-corrected chi connectivity index (χ2v) is 3.25. The second kappa shape index (κ2) is 9.15. The minimum Gasteiger partial charge on any atom is -0.481 e. The first-order chi connectivity index (χ1) is 8.09. The van der Waals surface area contributed by atoms with E-state index in [1.165, 1.54) is 6.08 Å². The molecule has 0 aliphatic heterocycles. The Bertz CT molecular complexity index is 305. The Morgan fingerprint density at radius 2 is 1.35 bits per heavy atom. The average Bonchev–Trinajstić information content (AvgIpc) is 2.32. The fourth-order valence-electron chi connectivity index (χ4n) is 1.02. The van der Waals surface area contributed by atoms with Crippen molar-refractivity contribution in [2.75, 3.05) is 0 Å². The molecule has 0 aliphatic rings. The topological polar surface area (TPSA) is 74.6 Å². The molecule has 0 spiro atoms. The van der Waals surface area contributed by atoms with Crippen LogP contribution >= 0.6 is 0 Å². The quantitative estimate of drug-likeness (QED) is 0.608. The van der Waals surface area contributed by atoms with Crippen molar-refractivity contribution in [2.45, 2.75) is 12.8 Å². The lowest BCUT2D eigenvalue weighted by molar-refractivity contribution is -0.154. The van der Waals surface area contributed by atoms with E-state index in [9.17, 15) is 9.59 Å². The maximum Gasteiger partial charge on any atom is 0.317 e. The van der Waals surface area contributed by atoms with Gasteiger partial charge in [0.2, 0.25) is 0 Å². The molecule has 0 atom stereocenters. The third-order valence-corrected chi connectivity index (χ3v) is 1.92. The SMILES string of the molecule is C=CCCC(C(=O)O)C(=O)O.c1ccccc1. The highest BCUT2D eigenvalue weighted by molar-refractivity contribution is 5.92. The summed E-state index contributed by atoms with van der Waals surface area (Å²) in [6.07, 6.45) is 2.01. The zero-order chi connectivity index (χ0) is 13.1. The molecule has 1 rings (SSSR count). The highest BCUT2D eigenvalue weighted by Gasteiger charge is 2.24. The van der Waals surface area contributed by atoms with Crippen LogP contribution in [0, 0.1) is 5.92 Å². The smallest absolute Gasteiger partial charge is 0.317 e. The molecule has 2 N–H and O–H groups in total. The summed E-state index contributed by atoms with van der Waals surface area (Å²) in [4.78, 5) is 20.5. The summed E-state index contributed by atoms with van der Waals surface area (Å²) in [5.74, 6) is -3.88. The normalized spacial score (nSPS) is 9.00. The first-order valence-electron chi connectivity index (χ1n) is 5.16. The van der Waals surface area contributed by atoms with Crippen molar-refractivity contribution in [3.8, 4) is 0 Å². The Hall–Kier alpha value is -2.10. The zero-order valence-electron chi connectivity index (χ0n) is 9.45. The van der Waals surface area contributed by atoms with Crippen molar-refractivity contribution in [3.63, 3.8) is 0 Å². The number of benzene rings is 1. The van der Waals surface area contributed by atoms with Crippen molar-refractivity contribution in [1.29, 1.82) is 0 Å². The second-order valence-electron chi connectivity index (χ2n) is 3.25. The van der Waals surface area contributed by atoms with Gasteiger partial charge in [-0.05, 0) is 12.8 Å². The monoisotopic (exact) mass is 236 g/mol. The molecule has 0 bridgehead atoms. The molecule has 0 heterocycles. The lowest BCUT2D eigenvalue weighted by Gasteiger charge is -2.03. The molecule has 0 amide bonds. The molecular weight excluding hydrogens is 220 g/mol. The number of carboxylic acid groups (broad SMARTS) is 2. The molecule has 0 radical (unpaired) electrons. The van der Waals surface area contributed by atoms with Crippen LogP contribution in [-0.2, 0) is 9.59 Å². The fourth-order valence-corrected chi connectivity index (χ4v) is 1.02. The minimum atomic E-state index is -1.30. The van der Waals surface area contributed by atoms with Gasteiger partial charge in [0.1, 0.15) is 0 Å². The highest BCUT2D eigenvalue weighted by Crippen LogP contribution is 2.06. The van der Waals surface area contributed by atoms with E-state index in [-0.39, 0.29) is 6.42 Å². The van der Waals surface area contributed by atoms with Crippen LogP contribution in [0.15, 0.2) is 49.1 Å². The van der Waals surface area contributed by atoms with Gasteiger partial charge in [-0.3, -0.25) is 9.59 Å². The van der Waals surface area contributed by atoms with Crippen molar-refractivity contribution < 1.29 is 19.8 Å². The summed E-state index contributed by atoms with van der Waals surface area (Å²) in [7, 11) is 0. The Labute approximate surface area is 100 Å². The van der Waals surface area contributed by atoms with Gasteiger partial charge in [-0.1, -0.05) is 42.5 Å². The van der Waals surface area contributed by atoms with Crippen LogP contribution in [-0.4, -0.2) is 22.2 Å². The summed E-state index contributed by atoms with van der Waals surface area (Å²) in [5.41, 5.74) is 0. The average molecular weight is 236 g/mol. The van der Waals surface area contributed by atoms with Crippen LogP contribution in [0.3, 0.4) is 0 Å². The van der Waals surface area contributed by atoms with Crippen LogP contribution in [0.25, 0.3) is 0 Å². The van der Waals surface area contributed by atoms with Crippen LogP contribution < -0.4 is 0 Å². The predicted molar refractivity (Wildman–Crippen MR) is 64.6 cm³/mol. The first kappa shape index (κ1) is 14.9. The summed E-state index contributed by atoms with van der Waals surface area (Å²) in [6.45, 7) is 3.37. The van der Waals surface area contributed by atoms with E-state index in [0.29, 0.717) is 6.42 Å². The third-order valence-electron chi connectivity index (χ3n) is 1.92. The van der Waals surface area contributed by atoms with E-state index < -0.39 is 17.9 Å². The largest absolute Gasteiger partial charge is 0.481 e. The number of carbonyl (C=O) groups is 2. The fraction of sp³-hybridized carbons (Fsp3) is 0.231. The summed E-state index contributed by atoms with van der Waals surface area (Å²) in [5, 5.41) is 16.7. The Morgan fingerprint density at radius 1 is 1.00 bits per heavy atom. The maximum atomic E-state index is 10.2. The molecule has 4 nitrogen and oxygen atoms in total. The van der Waals surface area contributed by atoms with E-state index in [0.717, 1.165) is 0 Å². The van der Waals surface area contributed by atoms with Gasteiger partial charge < -0.3 is 10.2 Å². The van der Waals surface area contributed by atoms with Crippen molar-refractivity contribution in [3.05, 3.63) is 49.1 Å². The van der Waals surface area contributed by atoms with Crippen LogP contribution in [0.4, 0.5) is 0 Å². The number of hydrogen-bond donors (Lipinski definition) is 2. The van der Waals surface area contributed by atoms with Crippen LogP contribution in [0.2, 0.25) is 0 Å². The number of carboxylic acids is 2. The van der Waals surface area contributed by atoms with Gasteiger partial charge in [0, 0.05) is 0 Å². The lowest BCUT2D eigenvalue weighted by atomic mass is 10.0. The molecular formula is C13H16O4. The van der Waals surface area contributed by atoms with Gasteiger partial charge in [-0.15, -0.1) is 6.58 Å². The molecule has 0 saturated carbocycles. The minimum absolute atomic E-state index is 0.105. The van der Waals surface area contributed by atoms with Crippen molar-refractivity contribution >= 4 is 11.9 Å². The number of allylic oxidation sites excluding steroid dienone is 1. The molecule has 0 unspecified atom stereocenters. The van der Waals surface area contributed by atoms with Crippen molar-refractivity contribution in [2.24, 2.45) is 5.92 Å². The van der Waals surface area contributed by atoms with Gasteiger partial charge in [-0.25, -0.2) is 0 Å². The Morgan fingerprint density at radius 3 is 1.59 bits per heavy atom. The van der Waals surface area contributed by atoms with E-state index in [4.69, 9.17) is 10.2 Å². The Kier molecular flexibility index (Phi) is 8.02. The van der Waals surface area contributed by atoms with E-state index in [1.54, 1.807) is 0 Å². The van der Waals surface area contributed by atoms with Crippen LogP contribution in [0.5, 0.6) is 0 Å². The summed E-state index contributed by atoms with van der Waals surface area (Å²) >= 11 is 0. The standard InChI is InChI=1S/C7H10O4.C6H6/c1-2-3-4-5(6(8)9)7(10)11;1-2-4-6-5-3-1/h2,5H,1,3-4H2,(H,8,9)(H,10,11);1-6H. The molecule has 4 heteroatoms.